The van der Waals surface area contributed by atoms with Gasteiger partial charge in [-0.05, 0) is 12.3 Å². The summed E-state index contributed by atoms with van der Waals surface area (Å²) in [7, 11) is 1.57. The molecule has 1 rings (SSSR count). The summed E-state index contributed by atoms with van der Waals surface area (Å²) < 4.78 is 5.03. The predicted octanol–water partition coefficient (Wildman–Crippen LogP) is 1.90. The molecule has 2 nitrogen and oxygen atoms in total. The molecular formula is C8H15BrO2. The van der Waals surface area contributed by atoms with Crippen LogP contribution in [0.25, 0.3) is 0 Å². The van der Waals surface area contributed by atoms with Crippen LogP contribution in [0.15, 0.2) is 0 Å². The minimum atomic E-state index is -0.857. The lowest BCUT2D eigenvalue weighted by Crippen LogP contribution is -2.40. The van der Waals surface area contributed by atoms with Gasteiger partial charge in [0.2, 0.25) is 0 Å². The molecule has 0 bridgehead atoms. The minimum absolute atomic E-state index is 0.494. The SMILES string of the molecule is COC1(O)CCC(Br)C(C)C1. The van der Waals surface area contributed by atoms with Gasteiger partial charge in [0.25, 0.3) is 0 Å². The van der Waals surface area contributed by atoms with E-state index < -0.39 is 5.79 Å². The van der Waals surface area contributed by atoms with Crippen LogP contribution in [0.4, 0.5) is 0 Å². The highest BCUT2D eigenvalue weighted by Crippen LogP contribution is 2.36. The molecule has 11 heavy (non-hydrogen) atoms. The van der Waals surface area contributed by atoms with E-state index in [4.69, 9.17) is 4.74 Å². The molecule has 0 saturated heterocycles. The van der Waals surface area contributed by atoms with Crippen molar-refractivity contribution in [2.24, 2.45) is 5.92 Å². The van der Waals surface area contributed by atoms with Crippen molar-refractivity contribution in [3.05, 3.63) is 0 Å². The highest BCUT2D eigenvalue weighted by molar-refractivity contribution is 9.09. The Balaban J connectivity index is 2.51. The zero-order chi connectivity index (χ0) is 8.48. The van der Waals surface area contributed by atoms with E-state index in [0.717, 1.165) is 19.3 Å². The molecule has 3 unspecified atom stereocenters. The summed E-state index contributed by atoms with van der Waals surface area (Å²) in [5, 5.41) is 9.73. The third kappa shape index (κ3) is 2.17. The molecule has 0 radical (unpaired) electrons. The molecule has 0 amide bonds. The Morgan fingerprint density at radius 1 is 1.64 bits per heavy atom. The predicted molar refractivity (Wildman–Crippen MR) is 47.7 cm³/mol. The van der Waals surface area contributed by atoms with Gasteiger partial charge in [0.15, 0.2) is 5.79 Å². The molecule has 3 heteroatoms. The Morgan fingerprint density at radius 3 is 2.73 bits per heavy atom. The first-order valence-corrected chi connectivity index (χ1v) is 4.90. The molecule has 66 valence electrons. The molecule has 1 aliphatic rings. The van der Waals surface area contributed by atoms with Crippen molar-refractivity contribution in [1.82, 2.24) is 0 Å². The van der Waals surface area contributed by atoms with Gasteiger partial charge < -0.3 is 9.84 Å². The standard InChI is InChI=1S/C8H15BrO2/c1-6-5-8(10,11-2)4-3-7(6)9/h6-7,10H,3-5H2,1-2H3. The van der Waals surface area contributed by atoms with Crippen molar-refractivity contribution < 1.29 is 9.84 Å². The maximum atomic E-state index is 9.73. The van der Waals surface area contributed by atoms with Crippen LogP contribution in [-0.2, 0) is 4.74 Å². The van der Waals surface area contributed by atoms with Crippen LogP contribution in [0.5, 0.6) is 0 Å². The molecule has 0 aromatic carbocycles. The van der Waals surface area contributed by atoms with Gasteiger partial charge in [-0.2, -0.15) is 0 Å². The van der Waals surface area contributed by atoms with Crippen LogP contribution in [-0.4, -0.2) is 22.8 Å². The van der Waals surface area contributed by atoms with E-state index >= 15 is 0 Å². The van der Waals surface area contributed by atoms with Gasteiger partial charge in [-0.25, -0.2) is 0 Å². The maximum Gasteiger partial charge on any atom is 0.165 e. The topological polar surface area (TPSA) is 29.5 Å². The Bertz CT molecular complexity index is 140. The maximum absolute atomic E-state index is 9.73. The summed E-state index contributed by atoms with van der Waals surface area (Å²) in [6, 6.07) is 0. The number of aliphatic hydroxyl groups is 1. The van der Waals surface area contributed by atoms with Crippen molar-refractivity contribution in [3.8, 4) is 0 Å². The molecule has 0 spiro atoms. The minimum Gasteiger partial charge on any atom is -0.365 e. The number of ether oxygens (including phenoxy) is 1. The molecular weight excluding hydrogens is 208 g/mol. The molecule has 0 aromatic rings. The summed E-state index contributed by atoms with van der Waals surface area (Å²) >= 11 is 3.57. The second kappa shape index (κ2) is 3.42. The molecule has 0 aromatic heterocycles. The van der Waals surface area contributed by atoms with Crippen LogP contribution >= 0.6 is 15.9 Å². The lowest BCUT2D eigenvalue weighted by Gasteiger charge is -2.36. The molecule has 0 heterocycles. The number of alkyl halides is 1. The summed E-state index contributed by atoms with van der Waals surface area (Å²) in [5.74, 6) is -0.363. The highest BCUT2D eigenvalue weighted by atomic mass is 79.9. The van der Waals surface area contributed by atoms with Crippen molar-refractivity contribution in [2.75, 3.05) is 7.11 Å². The molecule has 1 aliphatic carbocycles. The summed E-state index contributed by atoms with van der Waals surface area (Å²) in [4.78, 5) is 0.540. The fraction of sp³-hybridized carbons (Fsp3) is 1.00. The van der Waals surface area contributed by atoms with E-state index in [-0.39, 0.29) is 0 Å². The van der Waals surface area contributed by atoms with Crippen molar-refractivity contribution >= 4 is 15.9 Å². The van der Waals surface area contributed by atoms with Gasteiger partial charge in [0.05, 0.1) is 0 Å². The third-order valence-electron chi connectivity index (χ3n) is 2.45. The largest absolute Gasteiger partial charge is 0.365 e. The van der Waals surface area contributed by atoms with E-state index in [1.165, 1.54) is 0 Å². The van der Waals surface area contributed by atoms with Crippen LogP contribution in [0.2, 0.25) is 0 Å². The van der Waals surface area contributed by atoms with Crippen LogP contribution in [0.1, 0.15) is 26.2 Å². The summed E-state index contributed by atoms with van der Waals surface area (Å²) in [6.45, 7) is 2.13. The normalized spacial score (nSPS) is 45.8. The number of hydrogen-bond acceptors (Lipinski definition) is 2. The first-order chi connectivity index (χ1) is 5.07. The molecule has 1 N–H and O–H groups in total. The first kappa shape index (κ1) is 9.49. The lowest BCUT2D eigenvalue weighted by atomic mass is 9.86. The van der Waals surface area contributed by atoms with Gasteiger partial charge in [0.1, 0.15) is 0 Å². The van der Waals surface area contributed by atoms with Gasteiger partial charge >= 0.3 is 0 Å². The third-order valence-corrected chi connectivity index (χ3v) is 3.81. The first-order valence-electron chi connectivity index (χ1n) is 3.99. The van der Waals surface area contributed by atoms with Crippen LogP contribution < -0.4 is 0 Å². The summed E-state index contributed by atoms with van der Waals surface area (Å²) in [5.41, 5.74) is 0. The lowest BCUT2D eigenvalue weighted by molar-refractivity contribution is -0.209. The summed E-state index contributed by atoms with van der Waals surface area (Å²) in [6.07, 6.45) is 2.47. The number of hydrogen-bond donors (Lipinski definition) is 1. The number of halogens is 1. The number of rotatable bonds is 1. The number of methoxy groups -OCH3 is 1. The Morgan fingerprint density at radius 2 is 2.27 bits per heavy atom. The fourth-order valence-corrected chi connectivity index (χ4v) is 1.98. The quantitative estimate of drug-likeness (QED) is 0.543. The molecule has 3 atom stereocenters. The second-order valence-electron chi connectivity index (χ2n) is 3.39. The smallest absolute Gasteiger partial charge is 0.165 e. The van der Waals surface area contributed by atoms with Crippen molar-refractivity contribution in [3.63, 3.8) is 0 Å². The second-order valence-corrected chi connectivity index (χ2v) is 4.56. The van der Waals surface area contributed by atoms with E-state index in [2.05, 4.69) is 22.9 Å². The highest BCUT2D eigenvalue weighted by Gasteiger charge is 2.36. The van der Waals surface area contributed by atoms with Crippen molar-refractivity contribution in [1.29, 1.82) is 0 Å². The zero-order valence-electron chi connectivity index (χ0n) is 7.01. The fourth-order valence-electron chi connectivity index (χ4n) is 1.57. The Labute approximate surface area is 76.1 Å². The average molecular weight is 223 g/mol. The average Bonchev–Trinajstić information content (AvgIpc) is 1.98. The van der Waals surface area contributed by atoms with Gasteiger partial charge in [-0.3, -0.25) is 0 Å². The van der Waals surface area contributed by atoms with Crippen LogP contribution in [0.3, 0.4) is 0 Å². The monoisotopic (exact) mass is 222 g/mol. The molecule has 0 aliphatic heterocycles. The molecule has 1 saturated carbocycles. The van der Waals surface area contributed by atoms with E-state index in [9.17, 15) is 5.11 Å². The Kier molecular flexibility index (Phi) is 2.95. The van der Waals surface area contributed by atoms with Gasteiger partial charge in [-0.1, -0.05) is 22.9 Å². The molecule has 1 fully saturated rings. The van der Waals surface area contributed by atoms with E-state index in [1.54, 1.807) is 7.11 Å². The van der Waals surface area contributed by atoms with E-state index in [0.29, 0.717) is 10.7 Å². The van der Waals surface area contributed by atoms with Crippen LogP contribution in [0, 0.1) is 5.92 Å². The van der Waals surface area contributed by atoms with E-state index in [1.807, 2.05) is 0 Å². The zero-order valence-corrected chi connectivity index (χ0v) is 8.60. The van der Waals surface area contributed by atoms with Gasteiger partial charge in [-0.15, -0.1) is 0 Å². The van der Waals surface area contributed by atoms with Crippen molar-refractivity contribution in [2.45, 2.75) is 36.8 Å². The van der Waals surface area contributed by atoms with Gasteiger partial charge in [0, 0.05) is 24.8 Å². The Hall–Kier alpha value is 0.400.